The molecule has 204 valence electrons. The van der Waals surface area contributed by atoms with Crippen LogP contribution in [0.3, 0.4) is 0 Å². The van der Waals surface area contributed by atoms with Crippen molar-refractivity contribution < 1.29 is 13.9 Å². The van der Waals surface area contributed by atoms with Crippen LogP contribution >= 0.6 is 11.3 Å². The van der Waals surface area contributed by atoms with E-state index in [4.69, 9.17) is 4.74 Å². The summed E-state index contributed by atoms with van der Waals surface area (Å²) in [7, 11) is 1.67. The van der Waals surface area contributed by atoms with E-state index in [1.54, 1.807) is 19.2 Å². The maximum atomic E-state index is 13.4. The van der Waals surface area contributed by atoms with E-state index < -0.39 is 0 Å². The number of rotatable bonds is 8. The largest absolute Gasteiger partial charge is 0.497 e. The molecule has 0 saturated carbocycles. The number of ketones is 1. The van der Waals surface area contributed by atoms with Crippen molar-refractivity contribution >= 4 is 17.1 Å². The van der Waals surface area contributed by atoms with Gasteiger partial charge in [-0.15, -0.1) is 11.3 Å². The molecule has 5 nitrogen and oxygen atoms in total. The highest BCUT2D eigenvalue weighted by Crippen LogP contribution is 2.37. The van der Waals surface area contributed by atoms with Gasteiger partial charge >= 0.3 is 0 Å². The number of benzene rings is 2. The first-order valence-electron chi connectivity index (χ1n) is 13.1. The zero-order valence-electron chi connectivity index (χ0n) is 23.8. The fourth-order valence-electron chi connectivity index (χ4n) is 3.51. The van der Waals surface area contributed by atoms with E-state index in [0.717, 1.165) is 39.7 Å². The molecular formula is C31H40FN3O2S. The Balaban J connectivity index is 0.000000387. The number of ether oxygens (including phenoxy) is 1. The maximum Gasteiger partial charge on any atom is 0.138 e. The van der Waals surface area contributed by atoms with Gasteiger partial charge in [0.05, 0.1) is 35.8 Å². The topological polar surface area (TPSA) is 57.0 Å². The van der Waals surface area contributed by atoms with Crippen LogP contribution in [0.2, 0.25) is 0 Å². The molecule has 0 aliphatic heterocycles. The second-order valence-corrected chi connectivity index (χ2v) is 10.1. The quantitative estimate of drug-likeness (QED) is 0.226. The predicted molar refractivity (Wildman–Crippen MR) is 156 cm³/mol. The molecule has 0 fully saturated rings. The Bertz CT molecular complexity index is 1280. The number of aryl methyl sites for hydroxylation is 1. The lowest BCUT2D eigenvalue weighted by Gasteiger charge is -2.26. The summed E-state index contributed by atoms with van der Waals surface area (Å²) in [5, 5.41) is 7.40. The minimum atomic E-state index is -0.268. The molecule has 0 amide bonds. The van der Waals surface area contributed by atoms with E-state index in [9.17, 15) is 9.18 Å². The molecule has 4 aromatic rings. The number of aromatic nitrogens is 3. The number of nitrogens with zero attached hydrogens (tertiary/aromatic N) is 3. The van der Waals surface area contributed by atoms with Crippen LogP contribution in [0.15, 0.2) is 60.1 Å². The van der Waals surface area contributed by atoms with Gasteiger partial charge in [0.2, 0.25) is 0 Å². The minimum Gasteiger partial charge on any atom is -0.497 e. The lowest BCUT2D eigenvalue weighted by molar-refractivity contribution is -0.118. The van der Waals surface area contributed by atoms with Crippen LogP contribution in [-0.4, -0.2) is 27.7 Å². The Morgan fingerprint density at radius 1 is 1.05 bits per heavy atom. The Kier molecular flexibility index (Phi) is 11.9. The van der Waals surface area contributed by atoms with Gasteiger partial charge in [-0.25, -0.2) is 9.37 Å². The second kappa shape index (κ2) is 14.6. The molecule has 0 aliphatic rings. The number of Topliss-reactive ketones (excluding diaryl/α,β-unsaturated/α-hetero) is 1. The molecule has 0 N–H and O–H groups in total. The highest BCUT2D eigenvalue weighted by atomic mass is 32.1. The van der Waals surface area contributed by atoms with Crippen molar-refractivity contribution in [3.63, 3.8) is 0 Å². The monoisotopic (exact) mass is 537 g/mol. The fourth-order valence-corrected chi connectivity index (χ4v) is 4.34. The molecule has 4 rings (SSSR count). The van der Waals surface area contributed by atoms with E-state index >= 15 is 0 Å². The summed E-state index contributed by atoms with van der Waals surface area (Å²) >= 11 is 1.51. The van der Waals surface area contributed by atoms with Crippen LogP contribution in [0.5, 0.6) is 5.75 Å². The van der Waals surface area contributed by atoms with Crippen molar-refractivity contribution in [1.82, 2.24) is 14.8 Å². The number of carbonyl (C=O) groups excluding carboxylic acids is 1. The average molecular weight is 538 g/mol. The average Bonchev–Trinajstić information content (AvgIpc) is 3.59. The number of carbonyl (C=O) groups is 1. The number of methoxy groups -OCH3 is 1. The Morgan fingerprint density at radius 3 is 2.24 bits per heavy atom. The molecule has 0 radical (unpaired) electrons. The molecule has 0 saturated heterocycles. The number of hydrogen-bond donors (Lipinski definition) is 0. The zero-order chi connectivity index (χ0) is 28.3. The maximum absolute atomic E-state index is 13.4. The summed E-state index contributed by atoms with van der Waals surface area (Å²) in [4.78, 5) is 16.4. The summed E-state index contributed by atoms with van der Waals surface area (Å²) in [5.41, 5.74) is 4.57. The Labute approximate surface area is 230 Å². The van der Waals surface area contributed by atoms with E-state index in [1.807, 2.05) is 61.3 Å². The third-order valence-electron chi connectivity index (χ3n) is 6.14. The third-order valence-corrected chi connectivity index (χ3v) is 7.06. The molecule has 0 unspecified atom stereocenters. The molecule has 0 atom stereocenters. The van der Waals surface area contributed by atoms with Crippen LogP contribution in [0, 0.1) is 12.7 Å². The Morgan fingerprint density at radius 2 is 1.68 bits per heavy atom. The predicted octanol–water partition coefficient (Wildman–Crippen LogP) is 8.51. The molecule has 2 aromatic heterocycles. The molecule has 2 heterocycles. The van der Waals surface area contributed by atoms with E-state index in [0.29, 0.717) is 12.8 Å². The summed E-state index contributed by atoms with van der Waals surface area (Å²) < 4.78 is 20.4. The highest BCUT2D eigenvalue weighted by Gasteiger charge is 2.26. The number of hydrogen-bond acceptors (Lipinski definition) is 5. The first-order valence-corrected chi connectivity index (χ1v) is 14.0. The van der Waals surface area contributed by atoms with Gasteiger partial charge in [0.25, 0.3) is 0 Å². The van der Waals surface area contributed by atoms with Crippen LogP contribution in [0.25, 0.3) is 21.8 Å². The SMILES string of the molecule is CC.CCC(=O)Cc1csc(-c2cnn(C(C)(C)CC)c2-c2ccc(F)cc2)n1.COc1ccc(C)cc1. The highest BCUT2D eigenvalue weighted by molar-refractivity contribution is 7.13. The van der Waals surface area contributed by atoms with Crippen LogP contribution < -0.4 is 4.74 Å². The van der Waals surface area contributed by atoms with Crippen molar-refractivity contribution in [2.45, 2.75) is 73.3 Å². The normalized spacial score (nSPS) is 10.7. The van der Waals surface area contributed by atoms with Gasteiger partial charge in [-0.3, -0.25) is 9.48 Å². The molecule has 0 spiro atoms. The zero-order valence-corrected chi connectivity index (χ0v) is 24.7. The van der Waals surface area contributed by atoms with E-state index in [-0.39, 0.29) is 17.1 Å². The molecular weight excluding hydrogens is 497 g/mol. The van der Waals surface area contributed by atoms with Crippen LogP contribution in [0.4, 0.5) is 4.39 Å². The second-order valence-electron chi connectivity index (χ2n) is 9.22. The van der Waals surface area contributed by atoms with Gasteiger partial charge in [-0.1, -0.05) is 45.4 Å². The standard InChI is InChI=1S/C21H24FN3OS.C8H10O.C2H6/c1-5-17(26)11-16-13-27-20(24-16)18-12-23-25(21(3,4)6-2)19(18)14-7-9-15(22)10-8-14;1-7-3-5-8(9-2)6-4-7;1-2/h7-10,12-13H,5-6,11H2,1-4H3;3-6H,1-2H3;1-2H3. The lowest BCUT2D eigenvalue weighted by atomic mass is 10.00. The fraction of sp³-hybridized carbons (Fsp3) is 0.387. The first-order chi connectivity index (χ1) is 18.2. The van der Waals surface area contributed by atoms with Gasteiger partial charge in [-0.2, -0.15) is 5.10 Å². The van der Waals surface area contributed by atoms with Gasteiger partial charge < -0.3 is 4.74 Å². The minimum absolute atomic E-state index is 0.174. The number of thiazole rings is 1. The van der Waals surface area contributed by atoms with Crippen molar-refractivity contribution in [3.8, 4) is 27.6 Å². The molecule has 0 aliphatic carbocycles. The van der Waals surface area contributed by atoms with Crippen molar-refractivity contribution in [2.75, 3.05) is 7.11 Å². The molecule has 38 heavy (non-hydrogen) atoms. The van der Waals surface area contributed by atoms with Gasteiger partial charge in [0.15, 0.2) is 0 Å². The number of halogens is 1. The third kappa shape index (κ3) is 8.09. The first kappa shape index (κ1) is 30.9. The summed E-state index contributed by atoms with van der Waals surface area (Å²) in [6, 6.07) is 14.4. The molecule has 0 bridgehead atoms. The summed E-state index contributed by atoms with van der Waals surface area (Å²) in [5.74, 6) is 0.824. The summed E-state index contributed by atoms with van der Waals surface area (Å²) in [6.07, 6.45) is 3.58. The van der Waals surface area contributed by atoms with Crippen molar-refractivity contribution in [3.05, 3.63) is 77.2 Å². The van der Waals surface area contributed by atoms with Gasteiger partial charge in [-0.05, 0) is 63.6 Å². The van der Waals surface area contributed by atoms with Crippen molar-refractivity contribution in [2.24, 2.45) is 0 Å². The molecule has 7 heteroatoms. The molecule has 2 aromatic carbocycles. The van der Waals surface area contributed by atoms with E-state index in [1.165, 1.54) is 29.0 Å². The summed E-state index contributed by atoms with van der Waals surface area (Å²) in [6.45, 7) is 14.3. The van der Waals surface area contributed by atoms with Gasteiger partial charge in [0.1, 0.15) is 22.4 Å². The smallest absolute Gasteiger partial charge is 0.138 e. The van der Waals surface area contributed by atoms with E-state index in [2.05, 4.69) is 37.8 Å². The lowest BCUT2D eigenvalue weighted by Crippen LogP contribution is -2.27. The van der Waals surface area contributed by atoms with Crippen LogP contribution in [0.1, 0.15) is 65.6 Å². The Hall–Kier alpha value is -3.32. The van der Waals surface area contributed by atoms with Gasteiger partial charge in [0, 0.05) is 23.8 Å². The van der Waals surface area contributed by atoms with Crippen LogP contribution in [-0.2, 0) is 16.8 Å². The van der Waals surface area contributed by atoms with Crippen molar-refractivity contribution in [1.29, 1.82) is 0 Å².